The number of rotatable bonds is 3. The van der Waals surface area contributed by atoms with E-state index in [-0.39, 0.29) is 0 Å². The molecule has 1 N–H and O–H groups in total. The molecule has 0 aliphatic carbocycles. The third-order valence-corrected chi connectivity index (χ3v) is 6.86. The Morgan fingerprint density at radius 2 is 1.62 bits per heavy atom. The topological polar surface area (TPSA) is 42.8 Å². The molecule has 29 heavy (non-hydrogen) atoms. The molecule has 2 heterocycles. The number of aryl methyl sites for hydroxylation is 1. The van der Waals surface area contributed by atoms with Crippen LogP contribution in [0.15, 0.2) is 36.4 Å². The first-order chi connectivity index (χ1) is 14.0. The number of phenolic OH excluding ortho intramolecular Hbond substituents is 1. The lowest BCUT2D eigenvalue weighted by Crippen LogP contribution is -2.34. The average molecular weight is 411 g/mol. The minimum atomic E-state index is 0.413. The van der Waals surface area contributed by atoms with Gasteiger partial charge in [0.05, 0.1) is 10.2 Å². The van der Waals surface area contributed by atoms with Gasteiger partial charge in [-0.3, -0.25) is 4.90 Å². The van der Waals surface area contributed by atoms with Crippen molar-refractivity contribution in [1.82, 2.24) is 19.7 Å². The van der Waals surface area contributed by atoms with Crippen molar-refractivity contribution in [3.63, 3.8) is 0 Å². The van der Waals surface area contributed by atoms with E-state index in [0.29, 0.717) is 5.75 Å². The molecule has 1 fully saturated rings. The number of hydrogen-bond acceptors (Lipinski definition) is 6. The minimum Gasteiger partial charge on any atom is -0.507 e. The van der Waals surface area contributed by atoms with Crippen LogP contribution in [0.5, 0.6) is 5.75 Å². The first-order valence-electron chi connectivity index (χ1n) is 10.3. The zero-order valence-electron chi connectivity index (χ0n) is 17.6. The quantitative estimate of drug-likeness (QED) is 0.714. The first kappa shape index (κ1) is 20.3. The van der Waals surface area contributed by atoms with Gasteiger partial charge in [-0.25, -0.2) is 4.98 Å². The van der Waals surface area contributed by atoms with Crippen LogP contribution in [0.2, 0.25) is 0 Å². The Hall–Kier alpha value is -1.99. The number of para-hydroxylation sites is 1. The van der Waals surface area contributed by atoms with Gasteiger partial charge in [0.1, 0.15) is 10.8 Å². The van der Waals surface area contributed by atoms with Gasteiger partial charge in [-0.05, 0) is 50.8 Å². The summed E-state index contributed by atoms with van der Waals surface area (Å²) < 4.78 is 1.20. The van der Waals surface area contributed by atoms with Gasteiger partial charge >= 0.3 is 0 Å². The van der Waals surface area contributed by atoms with Crippen molar-refractivity contribution < 1.29 is 5.11 Å². The molecule has 6 heteroatoms. The van der Waals surface area contributed by atoms with Crippen molar-refractivity contribution >= 4 is 21.6 Å². The highest BCUT2D eigenvalue weighted by Gasteiger charge is 2.17. The monoisotopic (exact) mass is 410 g/mol. The highest BCUT2D eigenvalue weighted by molar-refractivity contribution is 7.21. The fourth-order valence-corrected chi connectivity index (χ4v) is 4.75. The van der Waals surface area contributed by atoms with Gasteiger partial charge in [0.2, 0.25) is 0 Å². The second kappa shape index (κ2) is 8.79. The summed E-state index contributed by atoms with van der Waals surface area (Å²) in [4.78, 5) is 12.0. The molecule has 3 aromatic rings. The summed E-state index contributed by atoms with van der Waals surface area (Å²) >= 11 is 1.71. The Balaban J connectivity index is 1.61. The summed E-state index contributed by atoms with van der Waals surface area (Å²) in [5, 5.41) is 11.8. The maximum absolute atomic E-state index is 10.8. The van der Waals surface area contributed by atoms with E-state index < -0.39 is 0 Å². The lowest BCUT2D eigenvalue weighted by atomic mass is 10.0. The van der Waals surface area contributed by atoms with Crippen molar-refractivity contribution in [3.05, 3.63) is 47.5 Å². The van der Waals surface area contributed by atoms with Crippen LogP contribution in [0.25, 0.3) is 20.8 Å². The number of thiazole rings is 1. The first-order valence-corrected chi connectivity index (χ1v) is 11.1. The molecular weight excluding hydrogens is 380 g/mol. The van der Waals surface area contributed by atoms with Gasteiger partial charge in [-0.15, -0.1) is 11.3 Å². The molecular formula is C23H30N4OS. The van der Waals surface area contributed by atoms with Gasteiger partial charge in [-0.2, -0.15) is 0 Å². The van der Waals surface area contributed by atoms with Gasteiger partial charge in [0, 0.05) is 56.9 Å². The summed E-state index contributed by atoms with van der Waals surface area (Å²) in [5.41, 5.74) is 4.03. The summed E-state index contributed by atoms with van der Waals surface area (Å²) in [5.74, 6) is 0.413. The molecule has 1 aromatic heterocycles. The molecule has 2 aromatic carbocycles. The van der Waals surface area contributed by atoms with E-state index in [1.165, 1.54) is 4.70 Å². The standard InChI is InChI=1S/C23H30N4OS/c1-17-14-18(23-24-20-6-4-5-7-21(20)29-23)15-19(22(17)28)16-27-12-10-25(2)8-9-26(3)11-13-27/h4-7,14-15,28H,8-13,16H2,1-3H3. The fraction of sp³-hybridized carbons (Fsp3) is 0.435. The van der Waals surface area contributed by atoms with Gasteiger partial charge in [-0.1, -0.05) is 12.1 Å². The SMILES string of the molecule is Cc1cc(-c2nc3ccccc3s2)cc(CN2CCN(C)CCN(C)CC2)c1O. The van der Waals surface area contributed by atoms with Crippen LogP contribution < -0.4 is 0 Å². The van der Waals surface area contributed by atoms with E-state index in [4.69, 9.17) is 4.98 Å². The zero-order valence-corrected chi connectivity index (χ0v) is 18.4. The molecule has 1 aliphatic heterocycles. The van der Waals surface area contributed by atoms with E-state index >= 15 is 0 Å². The molecule has 0 radical (unpaired) electrons. The highest BCUT2D eigenvalue weighted by atomic mass is 32.1. The summed E-state index contributed by atoms with van der Waals surface area (Å²) in [7, 11) is 4.37. The molecule has 1 aliphatic rings. The Bertz CT molecular complexity index is 939. The zero-order chi connectivity index (χ0) is 20.4. The molecule has 0 bridgehead atoms. The second-order valence-corrected chi connectivity index (χ2v) is 9.20. The van der Waals surface area contributed by atoms with Crippen LogP contribution >= 0.6 is 11.3 Å². The smallest absolute Gasteiger partial charge is 0.124 e. The number of hydrogen-bond donors (Lipinski definition) is 1. The van der Waals surface area contributed by atoms with Crippen molar-refractivity contribution in [2.45, 2.75) is 13.5 Å². The predicted octanol–water partition coefficient (Wildman–Crippen LogP) is 3.66. The summed E-state index contributed by atoms with van der Waals surface area (Å²) in [6.45, 7) is 9.05. The lowest BCUT2D eigenvalue weighted by molar-refractivity contribution is 0.225. The highest BCUT2D eigenvalue weighted by Crippen LogP contribution is 2.34. The summed E-state index contributed by atoms with van der Waals surface area (Å²) in [6, 6.07) is 12.4. The largest absolute Gasteiger partial charge is 0.507 e. The van der Waals surface area contributed by atoms with E-state index in [0.717, 1.165) is 73.0 Å². The second-order valence-electron chi connectivity index (χ2n) is 8.17. The average Bonchev–Trinajstić information content (AvgIpc) is 3.17. The van der Waals surface area contributed by atoms with E-state index in [9.17, 15) is 5.11 Å². The number of likely N-dealkylation sites (N-methyl/N-ethyl adjacent to an activating group) is 2. The third-order valence-electron chi connectivity index (χ3n) is 5.77. The fourth-order valence-electron chi connectivity index (χ4n) is 3.79. The normalized spacial score (nSPS) is 17.9. The van der Waals surface area contributed by atoms with Gasteiger partial charge < -0.3 is 14.9 Å². The maximum atomic E-state index is 10.8. The van der Waals surface area contributed by atoms with Crippen LogP contribution in [-0.2, 0) is 6.54 Å². The van der Waals surface area contributed by atoms with Crippen molar-refractivity contribution in [2.24, 2.45) is 0 Å². The van der Waals surface area contributed by atoms with Crippen molar-refractivity contribution in [2.75, 3.05) is 53.4 Å². The lowest BCUT2D eigenvalue weighted by Gasteiger charge is -2.25. The molecule has 4 rings (SSSR count). The molecule has 0 saturated carbocycles. The van der Waals surface area contributed by atoms with Crippen LogP contribution in [0.4, 0.5) is 0 Å². The third kappa shape index (κ3) is 4.78. The number of fused-ring (bicyclic) bond motifs is 1. The number of aromatic hydroxyl groups is 1. The van der Waals surface area contributed by atoms with Gasteiger partial charge in [0.25, 0.3) is 0 Å². The van der Waals surface area contributed by atoms with Crippen LogP contribution in [0, 0.1) is 6.92 Å². The molecule has 5 nitrogen and oxygen atoms in total. The Labute approximate surface area is 177 Å². The van der Waals surface area contributed by atoms with Crippen molar-refractivity contribution in [1.29, 1.82) is 0 Å². The molecule has 0 amide bonds. The Morgan fingerprint density at radius 1 is 0.966 bits per heavy atom. The van der Waals surface area contributed by atoms with Crippen molar-refractivity contribution in [3.8, 4) is 16.3 Å². The van der Waals surface area contributed by atoms with E-state index in [1.807, 2.05) is 13.0 Å². The summed E-state index contributed by atoms with van der Waals surface area (Å²) in [6.07, 6.45) is 0. The molecule has 154 valence electrons. The van der Waals surface area contributed by atoms with Crippen LogP contribution in [0.3, 0.4) is 0 Å². The molecule has 0 spiro atoms. The molecule has 0 atom stereocenters. The number of benzene rings is 2. The number of nitrogens with zero attached hydrogens (tertiary/aromatic N) is 4. The molecule has 1 saturated heterocycles. The van der Waals surface area contributed by atoms with E-state index in [2.05, 4.69) is 59.1 Å². The van der Waals surface area contributed by atoms with E-state index in [1.54, 1.807) is 11.3 Å². The number of aromatic nitrogens is 1. The predicted molar refractivity (Wildman–Crippen MR) is 122 cm³/mol. The maximum Gasteiger partial charge on any atom is 0.124 e. The van der Waals surface area contributed by atoms with Gasteiger partial charge in [0.15, 0.2) is 0 Å². The Morgan fingerprint density at radius 3 is 2.31 bits per heavy atom. The van der Waals surface area contributed by atoms with Crippen LogP contribution in [-0.4, -0.2) is 78.2 Å². The Kier molecular flexibility index (Phi) is 6.15. The minimum absolute atomic E-state index is 0.413. The molecule has 0 unspecified atom stereocenters. The number of phenols is 1. The van der Waals surface area contributed by atoms with Crippen LogP contribution in [0.1, 0.15) is 11.1 Å².